The van der Waals surface area contributed by atoms with Crippen LogP contribution in [0.5, 0.6) is 0 Å². The van der Waals surface area contributed by atoms with Crippen molar-refractivity contribution in [3.63, 3.8) is 0 Å². The normalized spacial score (nSPS) is 14.2. The van der Waals surface area contributed by atoms with Gasteiger partial charge in [0, 0.05) is 57.3 Å². The summed E-state index contributed by atoms with van der Waals surface area (Å²) in [5.41, 5.74) is 1.45. The highest BCUT2D eigenvalue weighted by molar-refractivity contribution is 5.76. The first-order chi connectivity index (χ1) is 14.5. The van der Waals surface area contributed by atoms with E-state index < -0.39 is 11.6 Å². The molecule has 0 atom stereocenters. The number of morpholine rings is 1. The van der Waals surface area contributed by atoms with Crippen molar-refractivity contribution in [2.75, 3.05) is 32.8 Å². The first-order valence-electron chi connectivity index (χ1n) is 9.41. The molecule has 0 radical (unpaired) electrons. The highest BCUT2D eigenvalue weighted by Gasteiger charge is 2.21. The van der Waals surface area contributed by atoms with Gasteiger partial charge in [0.2, 0.25) is 0 Å². The van der Waals surface area contributed by atoms with Gasteiger partial charge >= 0.3 is 0 Å². The Bertz CT molecular complexity index is 983. The van der Waals surface area contributed by atoms with Crippen molar-refractivity contribution in [3.8, 4) is 22.8 Å². The maximum Gasteiger partial charge on any atom is 0.290 e. The first kappa shape index (κ1) is 21.6. The van der Waals surface area contributed by atoms with E-state index in [1.807, 2.05) is 22.4 Å². The Kier molecular flexibility index (Phi) is 7.26. The van der Waals surface area contributed by atoms with Crippen LogP contribution in [0, 0.1) is 11.6 Å². The third kappa shape index (κ3) is 4.89. The second-order valence-corrected chi connectivity index (χ2v) is 6.68. The Morgan fingerprint density at radius 1 is 1.20 bits per heavy atom. The fraction of sp³-hybridized carbons (Fsp3) is 0.350. The summed E-state index contributed by atoms with van der Waals surface area (Å²) in [5, 5.41) is 6.89. The predicted molar refractivity (Wildman–Crippen MR) is 106 cm³/mol. The van der Waals surface area contributed by atoms with Gasteiger partial charge < -0.3 is 19.0 Å². The molecule has 1 N–H and O–H groups in total. The van der Waals surface area contributed by atoms with Crippen LogP contribution in [0.3, 0.4) is 0 Å². The van der Waals surface area contributed by atoms with Crippen molar-refractivity contribution in [3.05, 3.63) is 48.6 Å². The topological polar surface area (TPSA) is 85.4 Å². The summed E-state index contributed by atoms with van der Waals surface area (Å²) in [5.74, 6) is -0.557. The van der Waals surface area contributed by atoms with E-state index in [1.54, 1.807) is 12.5 Å². The summed E-state index contributed by atoms with van der Waals surface area (Å²) in [6.45, 7) is 4.54. The Balaban J connectivity index is 0.000000806. The second kappa shape index (κ2) is 10.1. The van der Waals surface area contributed by atoms with Crippen molar-refractivity contribution in [2.45, 2.75) is 6.54 Å². The number of rotatable bonds is 5. The Labute approximate surface area is 172 Å². The molecule has 0 spiro atoms. The van der Waals surface area contributed by atoms with Gasteiger partial charge in [-0.2, -0.15) is 0 Å². The number of hydrogen-bond donors (Lipinski definition) is 1. The first-order valence-corrected chi connectivity index (χ1v) is 9.41. The van der Waals surface area contributed by atoms with Crippen LogP contribution in [0.4, 0.5) is 8.78 Å². The number of halogens is 2. The Hall–Kier alpha value is -3.11. The molecule has 3 aromatic rings. The van der Waals surface area contributed by atoms with Crippen LogP contribution in [0.2, 0.25) is 0 Å². The minimum Gasteiger partial charge on any atom is -0.483 e. The van der Waals surface area contributed by atoms with Crippen LogP contribution < -0.4 is 0 Å². The number of aryl methyl sites for hydroxylation is 1. The van der Waals surface area contributed by atoms with E-state index in [4.69, 9.17) is 14.6 Å². The number of nitrogens with zero attached hydrogens (tertiary/aromatic N) is 5. The molecule has 1 fully saturated rings. The maximum atomic E-state index is 14.4. The molecule has 4 rings (SSSR count). The summed E-state index contributed by atoms with van der Waals surface area (Å²) in [7, 11) is 1.88. The van der Waals surface area contributed by atoms with E-state index in [2.05, 4.69) is 14.9 Å². The van der Waals surface area contributed by atoms with E-state index in [-0.39, 0.29) is 12.0 Å². The van der Waals surface area contributed by atoms with Crippen molar-refractivity contribution >= 4 is 6.47 Å². The van der Waals surface area contributed by atoms with Crippen LogP contribution in [0.25, 0.3) is 22.8 Å². The molecule has 0 bridgehead atoms. The molecule has 30 heavy (non-hydrogen) atoms. The Morgan fingerprint density at radius 2 is 1.93 bits per heavy atom. The van der Waals surface area contributed by atoms with Crippen LogP contribution in [0.15, 0.2) is 36.9 Å². The third-order valence-corrected chi connectivity index (χ3v) is 4.82. The SMILES string of the molecule is Cn1ccnc1-c1c(-c2ccc(F)cc2F)ncn1CCN1CCOCC1.O=CO. The molecule has 10 heteroatoms. The molecule has 0 aliphatic carbocycles. The lowest BCUT2D eigenvalue weighted by Crippen LogP contribution is -2.38. The lowest BCUT2D eigenvalue weighted by Gasteiger charge is -2.26. The lowest BCUT2D eigenvalue weighted by atomic mass is 10.1. The van der Waals surface area contributed by atoms with Gasteiger partial charge in [0.05, 0.1) is 19.5 Å². The van der Waals surface area contributed by atoms with E-state index in [9.17, 15) is 8.78 Å². The predicted octanol–water partition coefficient (Wildman–Crippen LogP) is 2.26. The van der Waals surface area contributed by atoms with E-state index in [0.717, 1.165) is 44.6 Å². The van der Waals surface area contributed by atoms with Crippen molar-refractivity contribution in [2.24, 2.45) is 7.05 Å². The van der Waals surface area contributed by atoms with Crippen molar-refractivity contribution < 1.29 is 23.4 Å². The van der Waals surface area contributed by atoms with Gasteiger partial charge in [-0.15, -0.1) is 0 Å². The summed E-state index contributed by atoms with van der Waals surface area (Å²) in [6, 6.07) is 3.55. The zero-order chi connectivity index (χ0) is 21.5. The molecular weight excluding hydrogens is 396 g/mol. The standard InChI is InChI=1S/C19H21F2N5O.CH2O2/c1-24-5-4-22-19(24)18-17(15-3-2-14(20)12-16(15)21)23-13-26(18)7-6-25-8-10-27-11-9-25;2-1-3/h2-5,12-13H,6-11H2,1H3;1H,(H,2,3). The fourth-order valence-electron chi connectivity index (χ4n) is 3.33. The largest absolute Gasteiger partial charge is 0.483 e. The summed E-state index contributed by atoms with van der Waals surface area (Å²) >= 11 is 0. The van der Waals surface area contributed by atoms with Gasteiger partial charge in [0.15, 0.2) is 5.82 Å². The van der Waals surface area contributed by atoms with Crippen LogP contribution in [-0.4, -0.2) is 68.4 Å². The minimum absolute atomic E-state index is 0.250. The molecule has 2 aromatic heterocycles. The van der Waals surface area contributed by atoms with Gasteiger partial charge in [-0.1, -0.05) is 0 Å². The van der Waals surface area contributed by atoms with E-state index in [1.165, 1.54) is 12.1 Å². The molecule has 1 saturated heterocycles. The van der Waals surface area contributed by atoms with Crippen LogP contribution >= 0.6 is 0 Å². The van der Waals surface area contributed by atoms with Gasteiger partial charge in [0.1, 0.15) is 23.0 Å². The number of hydrogen-bond acceptors (Lipinski definition) is 5. The molecule has 1 aliphatic heterocycles. The molecule has 160 valence electrons. The van der Waals surface area contributed by atoms with Crippen molar-refractivity contribution in [1.82, 2.24) is 24.0 Å². The van der Waals surface area contributed by atoms with Crippen LogP contribution in [-0.2, 0) is 23.1 Å². The zero-order valence-corrected chi connectivity index (χ0v) is 16.5. The molecule has 0 amide bonds. The number of benzene rings is 1. The van der Waals surface area contributed by atoms with Crippen molar-refractivity contribution in [1.29, 1.82) is 0 Å². The molecule has 1 aromatic carbocycles. The smallest absolute Gasteiger partial charge is 0.290 e. The summed E-state index contributed by atoms with van der Waals surface area (Å²) in [4.78, 5) is 19.5. The monoisotopic (exact) mass is 419 g/mol. The molecule has 8 nitrogen and oxygen atoms in total. The third-order valence-electron chi connectivity index (χ3n) is 4.82. The average molecular weight is 419 g/mol. The highest BCUT2D eigenvalue weighted by atomic mass is 19.1. The zero-order valence-electron chi connectivity index (χ0n) is 16.5. The highest BCUT2D eigenvalue weighted by Crippen LogP contribution is 2.32. The van der Waals surface area contributed by atoms with Gasteiger partial charge in [-0.05, 0) is 12.1 Å². The maximum absolute atomic E-state index is 14.4. The molecular formula is C20H23F2N5O3. The van der Waals surface area contributed by atoms with Gasteiger partial charge in [0.25, 0.3) is 6.47 Å². The van der Waals surface area contributed by atoms with E-state index in [0.29, 0.717) is 18.1 Å². The molecule has 3 heterocycles. The Morgan fingerprint density at radius 3 is 2.57 bits per heavy atom. The lowest BCUT2D eigenvalue weighted by molar-refractivity contribution is -0.122. The fourth-order valence-corrected chi connectivity index (χ4v) is 3.33. The van der Waals surface area contributed by atoms with Gasteiger partial charge in [-0.3, -0.25) is 9.69 Å². The number of imidazole rings is 2. The molecule has 1 aliphatic rings. The number of ether oxygens (including phenoxy) is 1. The molecule has 0 unspecified atom stereocenters. The summed E-state index contributed by atoms with van der Waals surface area (Å²) in [6.07, 6.45) is 5.22. The number of carboxylic acid groups (broad SMARTS) is 1. The number of carbonyl (C=O) groups is 1. The van der Waals surface area contributed by atoms with E-state index >= 15 is 0 Å². The minimum atomic E-state index is -0.635. The quantitative estimate of drug-likeness (QED) is 0.639. The molecule has 0 saturated carbocycles. The van der Waals surface area contributed by atoms with Gasteiger partial charge in [-0.25, -0.2) is 18.7 Å². The average Bonchev–Trinajstić information content (AvgIpc) is 3.33. The summed E-state index contributed by atoms with van der Waals surface area (Å²) < 4.78 is 37.0. The second-order valence-electron chi connectivity index (χ2n) is 6.68. The number of aromatic nitrogens is 4. The van der Waals surface area contributed by atoms with Crippen LogP contribution in [0.1, 0.15) is 0 Å².